The quantitative estimate of drug-likeness (QED) is 0.915. The van der Waals surface area contributed by atoms with Crippen molar-refractivity contribution in [3.63, 3.8) is 0 Å². The van der Waals surface area contributed by atoms with Gasteiger partial charge >= 0.3 is 5.97 Å². The molecule has 0 amide bonds. The van der Waals surface area contributed by atoms with Crippen LogP contribution >= 0.6 is 46.0 Å². The highest BCUT2D eigenvalue weighted by atomic mass is 35.5. The molecule has 1 N–H and O–H groups in total. The number of hydrogen-bond acceptors (Lipinski definition) is 7. The van der Waals surface area contributed by atoms with Gasteiger partial charge in [0.2, 0.25) is 0 Å². The van der Waals surface area contributed by atoms with Crippen molar-refractivity contribution in [2.75, 3.05) is 0 Å². The Balaban J connectivity index is 1.96. The summed E-state index contributed by atoms with van der Waals surface area (Å²) in [4.78, 5) is 14.5. The number of thiazole rings is 1. The molecule has 2 rings (SSSR count). The van der Waals surface area contributed by atoms with Gasteiger partial charge in [0.15, 0.2) is 8.68 Å². The fraction of sp³-hybridized carbons (Fsp3) is 0.250. The van der Waals surface area contributed by atoms with Crippen molar-refractivity contribution in [2.24, 2.45) is 0 Å². The predicted octanol–water partition coefficient (Wildman–Crippen LogP) is 2.82. The van der Waals surface area contributed by atoms with Crippen molar-refractivity contribution >= 4 is 52.0 Å². The first kappa shape index (κ1) is 12.7. The van der Waals surface area contributed by atoms with E-state index in [1.807, 2.05) is 0 Å². The maximum absolute atomic E-state index is 10.4. The van der Waals surface area contributed by atoms with E-state index in [2.05, 4.69) is 15.2 Å². The summed E-state index contributed by atoms with van der Waals surface area (Å²) in [6, 6.07) is 0. The molecule has 9 heteroatoms. The lowest BCUT2D eigenvalue weighted by Gasteiger charge is -1.88. The lowest BCUT2D eigenvalue weighted by atomic mass is 10.3. The van der Waals surface area contributed by atoms with Crippen LogP contribution in [0.5, 0.6) is 0 Å². The first-order valence-electron chi connectivity index (χ1n) is 4.47. The zero-order valence-electron chi connectivity index (χ0n) is 8.29. The molecule has 0 unspecified atom stereocenters. The Morgan fingerprint density at radius 1 is 1.41 bits per heavy atom. The number of halogens is 1. The highest BCUT2D eigenvalue weighted by Crippen LogP contribution is 2.34. The van der Waals surface area contributed by atoms with Crippen LogP contribution in [-0.2, 0) is 11.2 Å². The van der Waals surface area contributed by atoms with Crippen LogP contribution in [0.3, 0.4) is 0 Å². The number of carboxylic acids is 1. The van der Waals surface area contributed by atoms with Crippen LogP contribution in [0.25, 0.3) is 0 Å². The number of rotatable bonds is 5. The van der Waals surface area contributed by atoms with E-state index in [0.717, 1.165) is 13.7 Å². The fourth-order valence-electron chi connectivity index (χ4n) is 0.956. The van der Waals surface area contributed by atoms with Gasteiger partial charge in [-0.25, -0.2) is 4.98 Å². The van der Waals surface area contributed by atoms with Crippen molar-refractivity contribution in [3.05, 3.63) is 15.5 Å². The van der Waals surface area contributed by atoms with E-state index in [4.69, 9.17) is 16.7 Å². The Kier molecular flexibility index (Phi) is 4.32. The van der Waals surface area contributed by atoms with Crippen LogP contribution in [0.15, 0.2) is 14.9 Å². The minimum atomic E-state index is -0.832. The lowest BCUT2D eigenvalue weighted by molar-refractivity contribution is -0.136. The minimum Gasteiger partial charge on any atom is -0.481 e. The Morgan fingerprint density at radius 2 is 2.24 bits per heavy atom. The van der Waals surface area contributed by atoms with Gasteiger partial charge in [-0.3, -0.25) is 4.79 Å². The first-order valence-corrected chi connectivity index (χ1v) is 7.29. The topological polar surface area (TPSA) is 76.0 Å². The monoisotopic (exact) mass is 307 g/mol. The molecular formula is C8H6ClN3O2S3. The lowest BCUT2D eigenvalue weighted by Crippen LogP contribution is -1.96. The van der Waals surface area contributed by atoms with Crippen LogP contribution in [0, 0.1) is 0 Å². The fourth-order valence-corrected chi connectivity index (χ4v) is 4.17. The smallest absolute Gasteiger partial charge is 0.303 e. The largest absolute Gasteiger partial charge is 0.481 e. The Hall–Kier alpha value is -0.700. The van der Waals surface area contributed by atoms with Gasteiger partial charge < -0.3 is 5.11 Å². The molecule has 0 aliphatic heterocycles. The van der Waals surface area contributed by atoms with Crippen molar-refractivity contribution < 1.29 is 9.90 Å². The summed E-state index contributed by atoms with van der Waals surface area (Å²) in [6.45, 7) is 0. The molecule has 0 aliphatic carbocycles. The van der Waals surface area contributed by atoms with E-state index >= 15 is 0 Å². The number of aryl methyl sites for hydroxylation is 1. The summed E-state index contributed by atoms with van der Waals surface area (Å²) in [5, 5.41) is 17.1. The van der Waals surface area contributed by atoms with Crippen molar-refractivity contribution in [2.45, 2.75) is 21.5 Å². The van der Waals surface area contributed by atoms with Crippen molar-refractivity contribution in [1.82, 2.24) is 15.2 Å². The van der Waals surface area contributed by atoms with Crippen LogP contribution in [0.1, 0.15) is 11.4 Å². The molecule has 90 valence electrons. The van der Waals surface area contributed by atoms with Gasteiger partial charge in [0.25, 0.3) is 0 Å². The zero-order valence-corrected chi connectivity index (χ0v) is 11.5. The number of carboxylic acid groups (broad SMARTS) is 1. The third-order valence-electron chi connectivity index (χ3n) is 1.63. The molecule has 0 saturated carbocycles. The van der Waals surface area contributed by atoms with Gasteiger partial charge in [-0.15, -0.1) is 10.2 Å². The molecular weight excluding hydrogens is 302 g/mol. The molecule has 17 heavy (non-hydrogen) atoms. The van der Waals surface area contributed by atoms with E-state index in [-0.39, 0.29) is 6.42 Å². The predicted molar refractivity (Wildman–Crippen MR) is 67.1 cm³/mol. The zero-order chi connectivity index (χ0) is 12.3. The van der Waals surface area contributed by atoms with Gasteiger partial charge in [0.1, 0.15) is 9.34 Å². The second-order valence-electron chi connectivity index (χ2n) is 2.89. The maximum atomic E-state index is 10.4. The molecule has 0 fully saturated rings. The summed E-state index contributed by atoms with van der Waals surface area (Å²) >= 11 is 9.90. The molecule has 0 aliphatic rings. The van der Waals surface area contributed by atoms with Gasteiger partial charge in [0, 0.05) is 6.42 Å². The third kappa shape index (κ3) is 3.91. The molecule has 0 bridgehead atoms. The Morgan fingerprint density at radius 3 is 2.88 bits per heavy atom. The van der Waals surface area contributed by atoms with Crippen LogP contribution in [0.4, 0.5) is 0 Å². The number of carbonyl (C=O) groups is 1. The van der Waals surface area contributed by atoms with Gasteiger partial charge in [-0.05, 0) is 11.8 Å². The molecule has 5 nitrogen and oxygen atoms in total. The Bertz CT molecular complexity index is 528. The second kappa shape index (κ2) is 5.76. The first-order chi connectivity index (χ1) is 8.13. The average Bonchev–Trinajstić information content (AvgIpc) is 2.86. The normalized spacial score (nSPS) is 10.6. The van der Waals surface area contributed by atoms with Crippen molar-refractivity contribution in [1.29, 1.82) is 0 Å². The molecule has 2 aromatic heterocycles. The second-order valence-corrected chi connectivity index (χ2v) is 7.11. The van der Waals surface area contributed by atoms with E-state index < -0.39 is 5.97 Å². The summed E-state index contributed by atoms with van der Waals surface area (Å²) in [5.74, 6) is -0.832. The van der Waals surface area contributed by atoms with Gasteiger partial charge in [0.05, 0.1) is 12.6 Å². The molecule has 0 spiro atoms. The summed E-state index contributed by atoms with van der Waals surface area (Å²) < 4.78 is 2.18. The summed E-state index contributed by atoms with van der Waals surface area (Å²) in [6.07, 6.45) is 2.06. The summed E-state index contributed by atoms with van der Waals surface area (Å²) in [7, 11) is 0. The average molecular weight is 308 g/mol. The molecule has 0 atom stereocenters. The molecule has 2 aromatic rings. The standard InChI is InChI=1S/C8H6ClN3O2S3/c9-4-3-10-7(15-4)17-8-12-11-5(16-8)1-2-6(13)14/h3H,1-2H2,(H,13,14). The summed E-state index contributed by atoms with van der Waals surface area (Å²) in [5.41, 5.74) is 0. The van der Waals surface area contributed by atoms with Gasteiger partial charge in [-0.1, -0.05) is 34.3 Å². The van der Waals surface area contributed by atoms with E-state index in [9.17, 15) is 4.79 Å². The van der Waals surface area contributed by atoms with Crippen molar-refractivity contribution in [3.8, 4) is 0 Å². The van der Waals surface area contributed by atoms with Gasteiger partial charge in [-0.2, -0.15) is 0 Å². The molecule has 0 radical (unpaired) electrons. The SMILES string of the molecule is O=C(O)CCc1nnc(Sc2ncc(Cl)s2)s1. The van der Waals surface area contributed by atoms with Crippen LogP contribution in [0.2, 0.25) is 4.34 Å². The number of aliphatic carboxylic acids is 1. The maximum Gasteiger partial charge on any atom is 0.303 e. The minimum absolute atomic E-state index is 0.0718. The van der Waals surface area contributed by atoms with Crippen LogP contribution < -0.4 is 0 Å². The van der Waals surface area contributed by atoms with Crippen LogP contribution in [-0.4, -0.2) is 26.3 Å². The number of nitrogens with zero attached hydrogens (tertiary/aromatic N) is 3. The number of hydrogen-bond donors (Lipinski definition) is 1. The third-order valence-corrected chi connectivity index (χ3v) is 4.86. The highest BCUT2D eigenvalue weighted by Gasteiger charge is 2.09. The molecule has 0 saturated heterocycles. The molecule has 2 heterocycles. The highest BCUT2D eigenvalue weighted by molar-refractivity contribution is 8.02. The van der Waals surface area contributed by atoms with E-state index in [1.165, 1.54) is 34.4 Å². The number of aromatic nitrogens is 3. The van der Waals surface area contributed by atoms with E-state index in [0.29, 0.717) is 10.8 Å². The molecule has 0 aromatic carbocycles. The van der Waals surface area contributed by atoms with E-state index in [1.54, 1.807) is 6.20 Å². The Labute approximate surface area is 114 Å².